The van der Waals surface area contributed by atoms with Gasteiger partial charge in [-0.3, -0.25) is 9.59 Å². The first-order chi connectivity index (χ1) is 7.60. The lowest BCUT2D eigenvalue weighted by molar-refractivity contribution is -0.134. The molecular weight excluding hydrogens is 206 g/mol. The molecule has 1 saturated heterocycles. The molecule has 2 unspecified atom stereocenters. The van der Waals surface area contributed by atoms with E-state index in [-0.39, 0.29) is 30.9 Å². The minimum Gasteiger partial charge on any atom is -0.346 e. The lowest BCUT2D eigenvalue weighted by Crippen LogP contribution is -2.46. The van der Waals surface area contributed by atoms with Gasteiger partial charge in [-0.15, -0.1) is 0 Å². The zero-order chi connectivity index (χ0) is 12.1. The zero-order valence-corrected chi connectivity index (χ0v) is 10.0. The highest BCUT2D eigenvalue weighted by Crippen LogP contribution is 2.25. The molecule has 3 N–H and O–H groups in total. The molecule has 5 heteroatoms. The Kier molecular flexibility index (Phi) is 4.73. The van der Waals surface area contributed by atoms with Gasteiger partial charge in [-0.2, -0.15) is 0 Å². The number of likely N-dealkylation sites (tertiary alicyclic amines) is 1. The summed E-state index contributed by atoms with van der Waals surface area (Å²) in [5.74, 6) is -0.285. The fraction of sp³-hybridized carbons (Fsp3) is 0.818. The lowest BCUT2D eigenvalue weighted by atomic mass is 10.1. The summed E-state index contributed by atoms with van der Waals surface area (Å²) in [5.41, 5.74) is 5.16. The predicted molar refractivity (Wildman–Crippen MR) is 61.7 cm³/mol. The normalized spacial score (nSPS) is 24.6. The third kappa shape index (κ3) is 2.95. The van der Waals surface area contributed by atoms with E-state index in [0.29, 0.717) is 6.04 Å². The smallest absolute Gasteiger partial charge is 0.242 e. The van der Waals surface area contributed by atoms with Crippen LogP contribution in [-0.2, 0) is 9.59 Å². The van der Waals surface area contributed by atoms with Gasteiger partial charge in [0.25, 0.3) is 0 Å². The van der Waals surface area contributed by atoms with E-state index in [1.165, 1.54) is 0 Å². The largest absolute Gasteiger partial charge is 0.346 e. The molecule has 0 aromatic carbocycles. The van der Waals surface area contributed by atoms with Crippen LogP contribution >= 0.6 is 0 Å². The van der Waals surface area contributed by atoms with Crippen LogP contribution in [0.15, 0.2) is 0 Å². The SMILES string of the molecule is CCC1CCC(C)N1C(=O)CNC(=O)CN. The van der Waals surface area contributed by atoms with Crippen molar-refractivity contribution in [2.24, 2.45) is 5.73 Å². The molecule has 0 spiro atoms. The molecule has 0 saturated carbocycles. The van der Waals surface area contributed by atoms with Crippen LogP contribution < -0.4 is 11.1 Å². The van der Waals surface area contributed by atoms with Gasteiger partial charge in [0.05, 0.1) is 13.1 Å². The predicted octanol–water partition coefficient (Wildman–Crippen LogP) is -0.149. The Morgan fingerprint density at radius 1 is 1.44 bits per heavy atom. The summed E-state index contributed by atoms with van der Waals surface area (Å²) in [5, 5.41) is 2.52. The highest BCUT2D eigenvalue weighted by molar-refractivity contribution is 5.85. The van der Waals surface area contributed by atoms with Crippen LogP contribution in [0.1, 0.15) is 33.1 Å². The van der Waals surface area contributed by atoms with E-state index in [1.807, 2.05) is 4.90 Å². The summed E-state index contributed by atoms with van der Waals surface area (Å²) < 4.78 is 0. The molecule has 0 radical (unpaired) electrons. The molecule has 92 valence electrons. The van der Waals surface area contributed by atoms with Crippen molar-refractivity contribution in [1.29, 1.82) is 0 Å². The first-order valence-electron chi connectivity index (χ1n) is 5.88. The minimum atomic E-state index is -0.284. The second-order valence-electron chi connectivity index (χ2n) is 4.27. The van der Waals surface area contributed by atoms with E-state index in [9.17, 15) is 9.59 Å². The highest BCUT2D eigenvalue weighted by Gasteiger charge is 2.32. The Morgan fingerprint density at radius 3 is 2.69 bits per heavy atom. The second kappa shape index (κ2) is 5.84. The van der Waals surface area contributed by atoms with Crippen molar-refractivity contribution in [3.8, 4) is 0 Å². The van der Waals surface area contributed by atoms with Crippen molar-refractivity contribution >= 4 is 11.8 Å². The maximum absolute atomic E-state index is 11.9. The highest BCUT2D eigenvalue weighted by atomic mass is 16.2. The Bertz CT molecular complexity index is 268. The van der Waals surface area contributed by atoms with Crippen LogP contribution in [0, 0.1) is 0 Å². The number of hydrogen-bond donors (Lipinski definition) is 2. The van der Waals surface area contributed by atoms with Gasteiger partial charge in [0, 0.05) is 12.1 Å². The topological polar surface area (TPSA) is 75.4 Å². The summed E-state index contributed by atoms with van der Waals surface area (Å²) >= 11 is 0. The third-order valence-electron chi connectivity index (χ3n) is 3.17. The number of hydrogen-bond acceptors (Lipinski definition) is 3. The van der Waals surface area contributed by atoms with Crippen LogP contribution in [0.25, 0.3) is 0 Å². The van der Waals surface area contributed by atoms with Gasteiger partial charge >= 0.3 is 0 Å². The molecule has 0 aromatic heterocycles. The molecule has 0 bridgehead atoms. The summed E-state index contributed by atoms with van der Waals surface area (Å²) in [7, 11) is 0. The van der Waals surface area contributed by atoms with Gasteiger partial charge in [0.15, 0.2) is 0 Å². The first kappa shape index (κ1) is 13.0. The van der Waals surface area contributed by atoms with Crippen molar-refractivity contribution in [2.75, 3.05) is 13.1 Å². The lowest BCUT2D eigenvalue weighted by Gasteiger charge is -2.28. The van der Waals surface area contributed by atoms with E-state index < -0.39 is 0 Å². The fourth-order valence-electron chi connectivity index (χ4n) is 2.26. The maximum atomic E-state index is 11.9. The van der Waals surface area contributed by atoms with Gasteiger partial charge in [-0.1, -0.05) is 6.92 Å². The Labute approximate surface area is 96.4 Å². The van der Waals surface area contributed by atoms with Crippen molar-refractivity contribution in [1.82, 2.24) is 10.2 Å². The molecule has 0 aliphatic carbocycles. The zero-order valence-electron chi connectivity index (χ0n) is 10.0. The van der Waals surface area contributed by atoms with Gasteiger partial charge in [0.2, 0.25) is 11.8 Å². The monoisotopic (exact) mass is 227 g/mol. The quantitative estimate of drug-likeness (QED) is 0.701. The van der Waals surface area contributed by atoms with Gasteiger partial charge in [-0.05, 0) is 26.2 Å². The van der Waals surface area contributed by atoms with E-state index >= 15 is 0 Å². The second-order valence-corrected chi connectivity index (χ2v) is 4.27. The number of carbonyl (C=O) groups is 2. The summed E-state index contributed by atoms with van der Waals surface area (Å²) in [6.07, 6.45) is 3.09. The molecule has 5 nitrogen and oxygen atoms in total. The Morgan fingerprint density at radius 2 is 2.12 bits per heavy atom. The Hall–Kier alpha value is -1.10. The summed E-state index contributed by atoms with van der Waals surface area (Å²) in [6, 6.07) is 0.615. The average molecular weight is 227 g/mol. The van der Waals surface area contributed by atoms with Crippen LogP contribution in [0.3, 0.4) is 0 Å². The van der Waals surface area contributed by atoms with Crippen molar-refractivity contribution in [3.05, 3.63) is 0 Å². The van der Waals surface area contributed by atoms with Crippen LogP contribution in [0.5, 0.6) is 0 Å². The van der Waals surface area contributed by atoms with Crippen LogP contribution in [-0.4, -0.2) is 41.9 Å². The number of nitrogens with one attached hydrogen (secondary N) is 1. The molecular formula is C11H21N3O2. The molecule has 1 aliphatic heterocycles. The number of carbonyl (C=O) groups excluding carboxylic acids is 2. The molecule has 1 aliphatic rings. The standard InChI is InChI=1S/C11H21N3O2/c1-3-9-5-4-8(2)14(9)11(16)7-13-10(15)6-12/h8-9H,3-7,12H2,1-2H3,(H,13,15). The minimum absolute atomic E-state index is 0.00125. The van der Waals surface area contributed by atoms with Gasteiger partial charge in [0.1, 0.15) is 0 Å². The van der Waals surface area contributed by atoms with Crippen LogP contribution in [0.2, 0.25) is 0 Å². The fourth-order valence-corrected chi connectivity index (χ4v) is 2.26. The van der Waals surface area contributed by atoms with E-state index in [1.54, 1.807) is 0 Å². The molecule has 2 atom stereocenters. The van der Waals surface area contributed by atoms with Gasteiger partial charge < -0.3 is 16.0 Å². The third-order valence-corrected chi connectivity index (χ3v) is 3.17. The van der Waals surface area contributed by atoms with Crippen molar-refractivity contribution < 1.29 is 9.59 Å². The van der Waals surface area contributed by atoms with Gasteiger partial charge in [-0.25, -0.2) is 0 Å². The number of amides is 2. The molecule has 1 rings (SSSR count). The molecule has 0 aromatic rings. The first-order valence-corrected chi connectivity index (χ1v) is 5.88. The molecule has 2 amide bonds. The maximum Gasteiger partial charge on any atom is 0.242 e. The van der Waals surface area contributed by atoms with Crippen molar-refractivity contribution in [2.45, 2.75) is 45.2 Å². The molecule has 1 fully saturated rings. The molecule has 1 heterocycles. The summed E-state index contributed by atoms with van der Waals surface area (Å²) in [6.45, 7) is 4.14. The number of nitrogens with two attached hydrogens (primary N) is 1. The van der Waals surface area contributed by atoms with Crippen molar-refractivity contribution in [3.63, 3.8) is 0 Å². The average Bonchev–Trinajstić information content (AvgIpc) is 2.66. The summed E-state index contributed by atoms with van der Waals surface area (Å²) in [4.78, 5) is 24.8. The van der Waals surface area contributed by atoms with Crippen LogP contribution in [0.4, 0.5) is 0 Å². The van der Waals surface area contributed by atoms with E-state index in [4.69, 9.17) is 5.73 Å². The van der Waals surface area contributed by atoms with E-state index in [2.05, 4.69) is 19.2 Å². The Balaban J connectivity index is 2.48. The van der Waals surface area contributed by atoms with E-state index in [0.717, 1.165) is 19.3 Å². The number of rotatable bonds is 4. The molecule has 16 heavy (non-hydrogen) atoms. The number of nitrogens with zero attached hydrogens (tertiary/aromatic N) is 1.